The first kappa shape index (κ1) is 15.6. The Bertz CT molecular complexity index is 536. The highest BCUT2D eigenvalue weighted by Crippen LogP contribution is 2.28. The second-order valence-corrected chi connectivity index (χ2v) is 6.92. The molecule has 0 radical (unpaired) electrons. The average molecular weight is 322 g/mol. The van der Waals surface area contributed by atoms with E-state index in [-0.39, 0.29) is 23.9 Å². The van der Waals surface area contributed by atoms with E-state index in [1.807, 2.05) is 24.3 Å². The summed E-state index contributed by atoms with van der Waals surface area (Å²) < 4.78 is 0. The lowest BCUT2D eigenvalue weighted by molar-refractivity contribution is -0.125. The molecular weight excluding hydrogens is 298 g/mol. The molecule has 1 amide bonds. The van der Waals surface area contributed by atoms with Crippen LogP contribution in [0.4, 0.5) is 5.69 Å². The smallest absolute Gasteiger partial charge is 0.223 e. The molecule has 5 heteroatoms. The molecule has 0 spiro atoms. The summed E-state index contributed by atoms with van der Waals surface area (Å²) in [5.41, 5.74) is 6.97. The Kier molecular flexibility index (Phi) is 4.89. The Balaban J connectivity index is 1.59. The van der Waals surface area contributed by atoms with Gasteiger partial charge in [-0.2, -0.15) is 0 Å². The van der Waals surface area contributed by atoms with Crippen molar-refractivity contribution in [3.05, 3.63) is 29.3 Å². The monoisotopic (exact) mass is 321 g/mol. The number of rotatable bonds is 3. The summed E-state index contributed by atoms with van der Waals surface area (Å²) in [7, 11) is 0. The molecule has 2 aliphatic rings. The summed E-state index contributed by atoms with van der Waals surface area (Å²) in [6, 6.07) is 8.31. The minimum atomic E-state index is 0.102. The van der Waals surface area contributed by atoms with Gasteiger partial charge in [0, 0.05) is 31.1 Å². The van der Waals surface area contributed by atoms with Crippen LogP contribution < -0.4 is 16.0 Å². The third-order valence-corrected chi connectivity index (χ3v) is 5.12. The molecule has 0 bridgehead atoms. The number of carbonyl (C=O) groups is 1. The maximum absolute atomic E-state index is 12.4. The molecule has 0 aromatic heterocycles. The molecule has 22 heavy (non-hydrogen) atoms. The second kappa shape index (κ2) is 6.88. The lowest BCUT2D eigenvalue weighted by Gasteiger charge is -2.35. The quantitative estimate of drug-likeness (QED) is 0.899. The largest absolute Gasteiger partial charge is 0.368 e. The Hall–Kier alpha value is -1.26. The zero-order valence-electron chi connectivity index (χ0n) is 12.8. The lowest BCUT2D eigenvalue weighted by Crippen LogP contribution is -2.49. The van der Waals surface area contributed by atoms with Crippen molar-refractivity contribution in [1.29, 1.82) is 0 Å². The first-order valence-electron chi connectivity index (χ1n) is 8.19. The van der Waals surface area contributed by atoms with Gasteiger partial charge in [-0.3, -0.25) is 4.79 Å². The molecule has 1 aliphatic carbocycles. The van der Waals surface area contributed by atoms with E-state index < -0.39 is 0 Å². The van der Waals surface area contributed by atoms with Crippen LogP contribution in [0.2, 0.25) is 5.02 Å². The number of benzene rings is 1. The van der Waals surface area contributed by atoms with Crippen molar-refractivity contribution in [2.24, 2.45) is 11.7 Å². The Morgan fingerprint density at radius 3 is 2.82 bits per heavy atom. The summed E-state index contributed by atoms with van der Waals surface area (Å²) in [4.78, 5) is 14.6. The van der Waals surface area contributed by atoms with Crippen molar-refractivity contribution in [2.75, 3.05) is 18.0 Å². The molecular formula is C17H24ClN3O. The van der Waals surface area contributed by atoms with E-state index >= 15 is 0 Å². The molecule has 1 aliphatic heterocycles. The van der Waals surface area contributed by atoms with Gasteiger partial charge >= 0.3 is 0 Å². The van der Waals surface area contributed by atoms with E-state index in [0.717, 1.165) is 55.9 Å². The molecule has 1 saturated carbocycles. The minimum Gasteiger partial charge on any atom is -0.368 e. The summed E-state index contributed by atoms with van der Waals surface area (Å²) >= 11 is 6.29. The van der Waals surface area contributed by atoms with E-state index in [0.29, 0.717) is 0 Å². The first-order chi connectivity index (χ1) is 10.6. The highest BCUT2D eigenvalue weighted by atomic mass is 35.5. The molecule has 1 saturated heterocycles. The number of piperidine rings is 1. The molecule has 2 fully saturated rings. The van der Waals surface area contributed by atoms with Crippen molar-refractivity contribution >= 4 is 23.2 Å². The van der Waals surface area contributed by atoms with Gasteiger partial charge in [-0.05, 0) is 44.2 Å². The van der Waals surface area contributed by atoms with Crippen LogP contribution in [-0.4, -0.2) is 31.1 Å². The number of anilines is 1. The van der Waals surface area contributed by atoms with E-state index in [2.05, 4.69) is 10.2 Å². The zero-order valence-corrected chi connectivity index (χ0v) is 13.6. The third-order valence-electron chi connectivity index (χ3n) is 4.80. The predicted molar refractivity (Wildman–Crippen MR) is 90.1 cm³/mol. The van der Waals surface area contributed by atoms with E-state index in [1.165, 1.54) is 0 Å². The standard InChI is InChI=1S/C17H24ClN3O/c18-15-5-1-2-6-16(15)21-9-3-4-14(11-21)20-17(22)12-7-8-13(19)10-12/h1-2,5-6,12-14H,3-4,7-11,19H2,(H,20,22). The van der Waals surface area contributed by atoms with Gasteiger partial charge in [0.25, 0.3) is 0 Å². The van der Waals surface area contributed by atoms with Crippen LogP contribution in [0.5, 0.6) is 0 Å². The predicted octanol–water partition coefficient (Wildman–Crippen LogP) is 2.55. The minimum absolute atomic E-state index is 0.102. The Morgan fingerprint density at radius 2 is 2.09 bits per heavy atom. The van der Waals surface area contributed by atoms with Crippen molar-refractivity contribution < 1.29 is 4.79 Å². The number of carbonyl (C=O) groups excluding carboxylic acids is 1. The van der Waals surface area contributed by atoms with Gasteiger partial charge < -0.3 is 16.0 Å². The fourth-order valence-electron chi connectivity index (χ4n) is 3.60. The number of nitrogens with one attached hydrogen (secondary N) is 1. The summed E-state index contributed by atoms with van der Waals surface area (Å²) in [6.07, 6.45) is 4.82. The van der Waals surface area contributed by atoms with Crippen LogP contribution in [0.25, 0.3) is 0 Å². The van der Waals surface area contributed by atoms with E-state index in [9.17, 15) is 4.79 Å². The molecule has 3 unspecified atom stereocenters. The first-order valence-corrected chi connectivity index (χ1v) is 8.56. The van der Waals surface area contributed by atoms with Gasteiger partial charge in [-0.25, -0.2) is 0 Å². The second-order valence-electron chi connectivity index (χ2n) is 6.52. The van der Waals surface area contributed by atoms with Crippen LogP contribution in [0.15, 0.2) is 24.3 Å². The van der Waals surface area contributed by atoms with E-state index in [4.69, 9.17) is 17.3 Å². The van der Waals surface area contributed by atoms with Crippen LogP contribution in [-0.2, 0) is 4.79 Å². The van der Waals surface area contributed by atoms with Gasteiger partial charge in [-0.1, -0.05) is 23.7 Å². The molecule has 1 aromatic rings. The van der Waals surface area contributed by atoms with Crippen LogP contribution in [0, 0.1) is 5.92 Å². The maximum atomic E-state index is 12.4. The molecule has 3 atom stereocenters. The number of para-hydroxylation sites is 1. The maximum Gasteiger partial charge on any atom is 0.223 e. The topological polar surface area (TPSA) is 58.4 Å². The fourth-order valence-corrected chi connectivity index (χ4v) is 3.85. The Labute approximate surface area is 137 Å². The highest BCUT2D eigenvalue weighted by molar-refractivity contribution is 6.33. The normalized spacial score (nSPS) is 28.6. The van der Waals surface area contributed by atoms with Crippen LogP contribution in [0.1, 0.15) is 32.1 Å². The Morgan fingerprint density at radius 1 is 1.27 bits per heavy atom. The van der Waals surface area contributed by atoms with Crippen molar-refractivity contribution in [3.63, 3.8) is 0 Å². The molecule has 120 valence electrons. The van der Waals surface area contributed by atoms with Gasteiger partial charge in [0.15, 0.2) is 0 Å². The number of halogens is 1. The SMILES string of the molecule is NC1CCC(C(=O)NC2CCCN(c3ccccc3Cl)C2)C1. The third kappa shape index (κ3) is 3.55. The zero-order chi connectivity index (χ0) is 15.5. The fraction of sp³-hybridized carbons (Fsp3) is 0.588. The van der Waals surface area contributed by atoms with Crippen LogP contribution in [0.3, 0.4) is 0 Å². The summed E-state index contributed by atoms with van der Waals surface area (Å²) in [5, 5.41) is 4.00. The lowest BCUT2D eigenvalue weighted by atomic mass is 10.0. The summed E-state index contributed by atoms with van der Waals surface area (Å²) in [6.45, 7) is 1.82. The van der Waals surface area contributed by atoms with Crippen molar-refractivity contribution in [3.8, 4) is 0 Å². The molecule has 1 heterocycles. The molecule has 3 N–H and O–H groups in total. The van der Waals surface area contributed by atoms with Gasteiger partial charge in [0.1, 0.15) is 0 Å². The average Bonchev–Trinajstić information content (AvgIpc) is 2.95. The van der Waals surface area contributed by atoms with Crippen molar-refractivity contribution in [2.45, 2.75) is 44.2 Å². The summed E-state index contributed by atoms with van der Waals surface area (Å²) in [5.74, 6) is 0.282. The van der Waals surface area contributed by atoms with E-state index in [1.54, 1.807) is 0 Å². The van der Waals surface area contributed by atoms with Gasteiger partial charge in [0.05, 0.1) is 10.7 Å². The number of hydrogen-bond acceptors (Lipinski definition) is 3. The number of hydrogen-bond donors (Lipinski definition) is 2. The molecule has 1 aromatic carbocycles. The molecule has 4 nitrogen and oxygen atoms in total. The van der Waals surface area contributed by atoms with Gasteiger partial charge in [0.2, 0.25) is 5.91 Å². The van der Waals surface area contributed by atoms with Gasteiger partial charge in [-0.15, -0.1) is 0 Å². The number of amides is 1. The number of nitrogens with two attached hydrogens (primary N) is 1. The van der Waals surface area contributed by atoms with Crippen molar-refractivity contribution in [1.82, 2.24) is 5.32 Å². The van der Waals surface area contributed by atoms with Crippen LogP contribution >= 0.6 is 11.6 Å². The highest BCUT2D eigenvalue weighted by Gasteiger charge is 2.30. The number of nitrogens with zero attached hydrogens (tertiary/aromatic N) is 1. The molecule has 3 rings (SSSR count).